The second-order valence-electron chi connectivity index (χ2n) is 4.62. The number of H-pyrrole nitrogens is 1. The van der Waals surface area contributed by atoms with Gasteiger partial charge in [-0.15, -0.1) is 12.4 Å². The summed E-state index contributed by atoms with van der Waals surface area (Å²) in [4.78, 5) is 11.8. The number of amides is 1. The number of carbonyl (C=O) groups is 1. The fourth-order valence-electron chi connectivity index (χ4n) is 1.92. The van der Waals surface area contributed by atoms with Crippen LogP contribution in [-0.4, -0.2) is 31.4 Å². The van der Waals surface area contributed by atoms with Crippen molar-refractivity contribution < 1.29 is 4.79 Å². The second kappa shape index (κ2) is 3.96. The van der Waals surface area contributed by atoms with Gasteiger partial charge in [-0.1, -0.05) is 0 Å². The minimum absolute atomic E-state index is 0. The Morgan fingerprint density at radius 2 is 2.22 bits per heavy atom. The average Bonchev–Trinajstić information content (AvgIpc) is 2.78. The lowest BCUT2D eigenvalue weighted by Gasteiger charge is -2.07. The standard InChI is InChI=1S/C10H14N6O.ClH/c1-5-6-7(12-9(17)10(11)3-4-10)13-14-8(6)16(2)15-5;/h3-4,11H2,1-2H3,(H2,12,13,14,17);1H. The summed E-state index contributed by atoms with van der Waals surface area (Å²) in [5, 5.41) is 14.8. The molecule has 0 aliphatic heterocycles. The molecule has 1 amide bonds. The summed E-state index contributed by atoms with van der Waals surface area (Å²) < 4.78 is 1.67. The maximum Gasteiger partial charge on any atom is 0.245 e. The van der Waals surface area contributed by atoms with E-state index in [4.69, 9.17) is 5.73 Å². The number of carbonyl (C=O) groups excluding carboxylic acids is 1. The van der Waals surface area contributed by atoms with Crippen LogP contribution in [0.25, 0.3) is 11.0 Å². The highest BCUT2D eigenvalue weighted by Crippen LogP contribution is 2.34. The number of fused-ring (bicyclic) bond motifs is 1. The van der Waals surface area contributed by atoms with Crippen LogP contribution < -0.4 is 11.1 Å². The molecule has 2 aromatic heterocycles. The summed E-state index contributed by atoms with van der Waals surface area (Å²) in [5.74, 6) is 0.415. The van der Waals surface area contributed by atoms with Crippen LogP contribution in [0.1, 0.15) is 18.5 Å². The van der Waals surface area contributed by atoms with E-state index in [9.17, 15) is 4.79 Å². The molecule has 98 valence electrons. The van der Waals surface area contributed by atoms with Gasteiger partial charge < -0.3 is 11.1 Å². The van der Waals surface area contributed by atoms with E-state index in [-0.39, 0.29) is 18.3 Å². The number of hydrogen-bond acceptors (Lipinski definition) is 4. The first-order chi connectivity index (χ1) is 8.01. The van der Waals surface area contributed by atoms with Crippen LogP contribution in [0.2, 0.25) is 0 Å². The van der Waals surface area contributed by atoms with Crippen molar-refractivity contribution in [1.82, 2.24) is 20.0 Å². The highest BCUT2D eigenvalue weighted by molar-refractivity contribution is 6.04. The van der Waals surface area contributed by atoms with E-state index >= 15 is 0 Å². The molecule has 7 nitrogen and oxygen atoms in total. The molecule has 0 spiro atoms. The molecule has 2 aromatic rings. The van der Waals surface area contributed by atoms with Crippen LogP contribution in [0.4, 0.5) is 5.82 Å². The molecule has 4 N–H and O–H groups in total. The Labute approximate surface area is 110 Å². The van der Waals surface area contributed by atoms with E-state index in [1.165, 1.54) is 0 Å². The van der Waals surface area contributed by atoms with E-state index < -0.39 is 5.54 Å². The Bertz CT molecular complexity index is 611. The van der Waals surface area contributed by atoms with E-state index in [0.717, 1.165) is 29.6 Å². The Kier molecular flexibility index (Phi) is 2.83. The van der Waals surface area contributed by atoms with Crippen molar-refractivity contribution in [3.05, 3.63) is 5.69 Å². The van der Waals surface area contributed by atoms with E-state index in [2.05, 4.69) is 20.6 Å². The summed E-state index contributed by atoms with van der Waals surface area (Å²) in [6.07, 6.45) is 1.48. The first kappa shape index (κ1) is 12.8. The van der Waals surface area contributed by atoms with Crippen LogP contribution in [0, 0.1) is 6.92 Å². The zero-order valence-corrected chi connectivity index (χ0v) is 11.0. The number of halogens is 1. The zero-order chi connectivity index (χ0) is 12.2. The van der Waals surface area contributed by atoms with Gasteiger partial charge in [0.2, 0.25) is 5.91 Å². The summed E-state index contributed by atoms with van der Waals surface area (Å²) in [6, 6.07) is 0. The van der Waals surface area contributed by atoms with Gasteiger partial charge in [-0.2, -0.15) is 10.2 Å². The van der Waals surface area contributed by atoms with Gasteiger partial charge in [-0.05, 0) is 19.8 Å². The third-order valence-electron chi connectivity index (χ3n) is 3.19. The van der Waals surface area contributed by atoms with Crippen molar-refractivity contribution in [2.24, 2.45) is 12.8 Å². The van der Waals surface area contributed by atoms with Crippen LogP contribution in [0.5, 0.6) is 0 Å². The summed E-state index contributed by atoms with van der Waals surface area (Å²) in [7, 11) is 1.81. The van der Waals surface area contributed by atoms with Crippen molar-refractivity contribution in [2.75, 3.05) is 5.32 Å². The number of nitrogens with zero attached hydrogens (tertiary/aromatic N) is 3. The molecule has 1 fully saturated rings. The van der Waals surface area contributed by atoms with Gasteiger partial charge in [0.05, 0.1) is 16.6 Å². The number of aromatic amines is 1. The fourth-order valence-corrected chi connectivity index (χ4v) is 1.92. The number of anilines is 1. The lowest BCUT2D eigenvalue weighted by atomic mass is 10.2. The Morgan fingerprint density at radius 3 is 2.83 bits per heavy atom. The van der Waals surface area contributed by atoms with Crippen LogP contribution >= 0.6 is 12.4 Å². The highest BCUT2D eigenvalue weighted by Gasteiger charge is 2.46. The monoisotopic (exact) mass is 270 g/mol. The third-order valence-corrected chi connectivity index (χ3v) is 3.19. The van der Waals surface area contributed by atoms with Gasteiger partial charge >= 0.3 is 0 Å². The van der Waals surface area contributed by atoms with Gasteiger partial charge in [-0.25, -0.2) is 4.68 Å². The first-order valence-electron chi connectivity index (χ1n) is 5.49. The molecule has 1 aliphatic rings. The smallest absolute Gasteiger partial charge is 0.245 e. The van der Waals surface area contributed by atoms with Gasteiger partial charge in [0.15, 0.2) is 5.65 Å². The van der Waals surface area contributed by atoms with Gasteiger partial charge in [0, 0.05) is 7.05 Å². The molecule has 0 bridgehead atoms. The summed E-state index contributed by atoms with van der Waals surface area (Å²) in [5.41, 5.74) is 6.69. The summed E-state index contributed by atoms with van der Waals surface area (Å²) >= 11 is 0. The lowest BCUT2D eigenvalue weighted by Crippen LogP contribution is -2.37. The number of rotatable bonds is 2. The minimum atomic E-state index is -0.687. The Balaban J connectivity index is 0.00000120. The molecule has 0 radical (unpaired) electrons. The first-order valence-corrected chi connectivity index (χ1v) is 5.49. The molecule has 0 unspecified atom stereocenters. The van der Waals surface area contributed by atoms with Gasteiger partial charge in [0.25, 0.3) is 0 Å². The average molecular weight is 271 g/mol. The molecule has 1 aliphatic carbocycles. The molecular weight excluding hydrogens is 256 g/mol. The SMILES string of the molecule is Cc1nn(C)c2n[nH]c(NC(=O)C3(N)CC3)c12.Cl. The topological polar surface area (TPSA) is 102 Å². The van der Waals surface area contributed by atoms with E-state index in [1.54, 1.807) is 4.68 Å². The number of nitrogens with two attached hydrogens (primary N) is 1. The maximum atomic E-state index is 11.8. The van der Waals surface area contributed by atoms with Crippen LogP contribution in [-0.2, 0) is 11.8 Å². The third kappa shape index (κ3) is 1.75. The second-order valence-corrected chi connectivity index (χ2v) is 4.62. The van der Waals surface area contributed by atoms with Crippen molar-refractivity contribution >= 4 is 35.2 Å². The number of nitrogens with one attached hydrogen (secondary N) is 2. The van der Waals surface area contributed by atoms with Gasteiger partial charge in [-0.3, -0.25) is 9.89 Å². The van der Waals surface area contributed by atoms with Crippen molar-refractivity contribution in [1.29, 1.82) is 0 Å². The largest absolute Gasteiger partial charge is 0.317 e. The fraction of sp³-hybridized carbons (Fsp3) is 0.500. The van der Waals surface area contributed by atoms with Crippen LogP contribution in [0.3, 0.4) is 0 Å². The molecular formula is C10H15ClN6O. The number of aryl methyl sites for hydroxylation is 2. The molecule has 18 heavy (non-hydrogen) atoms. The summed E-state index contributed by atoms with van der Waals surface area (Å²) in [6.45, 7) is 1.88. The molecule has 3 rings (SSSR count). The predicted molar refractivity (Wildman–Crippen MR) is 69.6 cm³/mol. The predicted octanol–water partition coefficient (Wildman–Crippen LogP) is 0.456. The molecule has 0 aromatic carbocycles. The maximum absolute atomic E-state index is 11.8. The molecule has 0 atom stereocenters. The van der Waals surface area contributed by atoms with Gasteiger partial charge in [0.1, 0.15) is 5.82 Å². The molecule has 0 saturated heterocycles. The number of hydrogen-bond donors (Lipinski definition) is 3. The van der Waals surface area contributed by atoms with Crippen molar-refractivity contribution in [3.63, 3.8) is 0 Å². The Hall–Kier alpha value is -1.60. The minimum Gasteiger partial charge on any atom is -0.317 e. The highest BCUT2D eigenvalue weighted by atomic mass is 35.5. The van der Waals surface area contributed by atoms with E-state index in [0.29, 0.717) is 5.82 Å². The van der Waals surface area contributed by atoms with Crippen molar-refractivity contribution in [3.8, 4) is 0 Å². The Morgan fingerprint density at radius 1 is 1.56 bits per heavy atom. The molecule has 2 heterocycles. The normalized spacial score (nSPS) is 16.4. The lowest BCUT2D eigenvalue weighted by molar-refractivity contribution is -0.118. The number of aromatic nitrogens is 4. The van der Waals surface area contributed by atoms with Crippen LogP contribution in [0.15, 0.2) is 0 Å². The zero-order valence-electron chi connectivity index (χ0n) is 10.1. The van der Waals surface area contributed by atoms with E-state index in [1.807, 2.05) is 14.0 Å². The van der Waals surface area contributed by atoms with Crippen molar-refractivity contribution in [2.45, 2.75) is 25.3 Å². The molecule has 8 heteroatoms. The quantitative estimate of drug-likeness (QED) is 0.738. The molecule has 1 saturated carbocycles.